The minimum absolute atomic E-state index is 0.102. The van der Waals surface area contributed by atoms with E-state index in [1.807, 2.05) is 25.1 Å². The molecule has 0 radical (unpaired) electrons. The van der Waals surface area contributed by atoms with Crippen molar-refractivity contribution in [3.63, 3.8) is 0 Å². The Morgan fingerprint density at radius 3 is 3.00 bits per heavy atom. The third kappa shape index (κ3) is 3.51. The first-order valence-corrected chi connectivity index (χ1v) is 5.69. The van der Waals surface area contributed by atoms with Gasteiger partial charge in [0.15, 0.2) is 0 Å². The van der Waals surface area contributed by atoms with Crippen molar-refractivity contribution in [3.05, 3.63) is 30.1 Å². The summed E-state index contributed by atoms with van der Waals surface area (Å²) < 4.78 is 5.52. The second-order valence-corrected chi connectivity index (χ2v) is 4.44. The molecule has 0 saturated carbocycles. The van der Waals surface area contributed by atoms with Crippen LogP contribution in [0.15, 0.2) is 24.4 Å². The third-order valence-electron chi connectivity index (χ3n) is 2.74. The number of nitrogens with one attached hydrogen (secondary N) is 2. The lowest BCUT2D eigenvalue weighted by molar-refractivity contribution is -0.136. The highest BCUT2D eigenvalue weighted by Gasteiger charge is 2.32. The first kappa shape index (κ1) is 12.0. The molecule has 0 aliphatic carbocycles. The van der Waals surface area contributed by atoms with Crippen LogP contribution in [0.4, 0.5) is 0 Å². The minimum Gasteiger partial charge on any atom is -0.363 e. The Morgan fingerprint density at radius 1 is 1.59 bits per heavy atom. The van der Waals surface area contributed by atoms with Crippen LogP contribution >= 0.6 is 0 Å². The summed E-state index contributed by atoms with van der Waals surface area (Å²) >= 11 is 0. The monoisotopic (exact) mass is 235 g/mol. The normalized spacial score (nSPS) is 17.2. The molecule has 0 atom stereocenters. The van der Waals surface area contributed by atoms with Gasteiger partial charge in [-0.25, -0.2) is 0 Å². The van der Waals surface area contributed by atoms with Crippen LogP contribution in [-0.2, 0) is 16.1 Å². The molecule has 2 rings (SSSR count). The number of amides is 1. The molecule has 92 valence electrons. The Labute approximate surface area is 101 Å². The van der Waals surface area contributed by atoms with E-state index in [9.17, 15) is 4.79 Å². The molecule has 2 N–H and O–H groups in total. The lowest BCUT2D eigenvalue weighted by Gasteiger charge is -2.38. The van der Waals surface area contributed by atoms with Crippen molar-refractivity contribution in [2.24, 2.45) is 0 Å². The summed E-state index contributed by atoms with van der Waals surface area (Å²) in [5.74, 6) is -0.108. The fourth-order valence-electron chi connectivity index (χ4n) is 1.56. The van der Waals surface area contributed by atoms with Crippen LogP contribution in [0.2, 0.25) is 0 Å². The maximum Gasteiger partial charge on any atom is 0.246 e. The highest BCUT2D eigenvalue weighted by molar-refractivity contribution is 5.77. The molecule has 1 fully saturated rings. The lowest BCUT2D eigenvalue weighted by Crippen LogP contribution is -2.59. The maximum atomic E-state index is 11.5. The summed E-state index contributed by atoms with van der Waals surface area (Å²) in [5.41, 5.74) is 0.667. The SMILES string of the molecule is CC1(OCC(=O)NCc2ccccn2)CNC1. The van der Waals surface area contributed by atoms with E-state index in [0.29, 0.717) is 6.54 Å². The smallest absolute Gasteiger partial charge is 0.246 e. The van der Waals surface area contributed by atoms with Gasteiger partial charge in [0.1, 0.15) is 6.61 Å². The van der Waals surface area contributed by atoms with E-state index in [4.69, 9.17) is 4.74 Å². The van der Waals surface area contributed by atoms with Crippen LogP contribution in [0.5, 0.6) is 0 Å². The molecule has 5 nitrogen and oxygen atoms in total. The summed E-state index contributed by atoms with van der Waals surface area (Å²) in [6, 6.07) is 5.61. The average molecular weight is 235 g/mol. The van der Waals surface area contributed by atoms with Crippen molar-refractivity contribution in [3.8, 4) is 0 Å². The van der Waals surface area contributed by atoms with Crippen LogP contribution in [0.1, 0.15) is 12.6 Å². The van der Waals surface area contributed by atoms with Gasteiger partial charge in [0.25, 0.3) is 0 Å². The Hall–Kier alpha value is -1.46. The molecular weight excluding hydrogens is 218 g/mol. The Kier molecular flexibility index (Phi) is 3.71. The molecule has 1 amide bonds. The maximum absolute atomic E-state index is 11.5. The van der Waals surface area contributed by atoms with Crippen molar-refractivity contribution in [2.45, 2.75) is 19.1 Å². The molecule has 1 aromatic rings. The summed E-state index contributed by atoms with van der Waals surface area (Å²) in [6.07, 6.45) is 1.71. The number of carbonyl (C=O) groups excluding carboxylic acids is 1. The molecular formula is C12H17N3O2. The van der Waals surface area contributed by atoms with Gasteiger partial charge in [-0.15, -0.1) is 0 Å². The van der Waals surface area contributed by atoms with Crippen LogP contribution in [0.25, 0.3) is 0 Å². The van der Waals surface area contributed by atoms with Crippen molar-refractivity contribution < 1.29 is 9.53 Å². The first-order valence-electron chi connectivity index (χ1n) is 5.69. The van der Waals surface area contributed by atoms with E-state index >= 15 is 0 Å². The molecule has 0 aromatic carbocycles. The second-order valence-electron chi connectivity index (χ2n) is 4.44. The zero-order chi connectivity index (χ0) is 12.1. The van der Waals surface area contributed by atoms with Crippen LogP contribution < -0.4 is 10.6 Å². The molecule has 2 heterocycles. The summed E-state index contributed by atoms with van der Waals surface area (Å²) in [6.45, 7) is 4.15. The molecule has 1 aromatic heterocycles. The number of carbonyl (C=O) groups is 1. The van der Waals surface area contributed by atoms with E-state index in [-0.39, 0.29) is 18.1 Å². The van der Waals surface area contributed by atoms with Crippen molar-refractivity contribution in [2.75, 3.05) is 19.7 Å². The van der Waals surface area contributed by atoms with Crippen LogP contribution in [-0.4, -0.2) is 36.2 Å². The topological polar surface area (TPSA) is 63.2 Å². The number of aromatic nitrogens is 1. The number of pyridine rings is 1. The summed E-state index contributed by atoms with van der Waals surface area (Å²) in [4.78, 5) is 15.6. The van der Waals surface area contributed by atoms with Gasteiger partial charge in [-0.2, -0.15) is 0 Å². The van der Waals surface area contributed by atoms with Crippen molar-refractivity contribution in [1.29, 1.82) is 0 Å². The average Bonchev–Trinajstić information content (AvgIpc) is 2.33. The van der Waals surface area contributed by atoms with E-state index in [1.165, 1.54) is 0 Å². The minimum atomic E-state index is -0.178. The quantitative estimate of drug-likeness (QED) is 0.758. The highest BCUT2D eigenvalue weighted by atomic mass is 16.5. The van der Waals surface area contributed by atoms with Crippen LogP contribution in [0, 0.1) is 0 Å². The van der Waals surface area contributed by atoms with Gasteiger partial charge < -0.3 is 15.4 Å². The lowest BCUT2D eigenvalue weighted by atomic mass is 10.0. The number of rotatable bonds is 5. The third-order valence-corrected chi connectivity index (χ3v) is 2.74. The predicted molar refractivity (Wildman–Crippen MR) is 63.3 cm³/mol. The fourth-order valence-corrected chi connectivity index (χ4v) is 1.56. The molecule has 0 spiro atoms. The largest absolute Gasteiger partial charge is 0.363 e. The molecule has 17 heavy (non-hydrogen) atoms. The molecule has 1 aliphatic heterocycles. The predicted octanol–water partition coefficient (Wildman–Crippen LogP) is 0.0763. The Morgan fingerprint density at radius 2 is 2.41 bits per heavy atom. The molecule has 1 aliphatic rings. The van der Waals surface area contributed by atoms with Gasteiger partial charge in [-0.1, -0.05) is 6.07 Å². The van der Waals surface area contributed by atoms with Crippen LogP contribution in [0.3, 0.4) is 0 Å². The number of hydrogen-bond donors (Lipinski definition) is 2. The van der Waals surface area contributed by atoms with E-state index in [0.717, 1.165) is 18.8 Å². The Balaban J connectivity index is 1.67. The zero-order valence-electron chi connectivity index (χ0n) is 9.90. The Bertz CT molecular complexity index is 377. The second kappa shape index (κ2) is 5.25. The summed E-state index contributed by atoms with van der Waals surface area (Å²) in [7, 11) is 0. The van der Waals surface area contributed by atoms with Crippen molar-refractivity contribution in [1.82, 2.24) is 15.6 Å². The van der Waals surface area contributed by atoms with Gasteiger partial charge in [0.05, 0.1) is 17.8 Å². The van der Waals surface area contributed by atoms with Gasteiger partial charge >= 0.3 is 0 Å². The standard InChI is InChI=1S/C12H17N3O2/c1-12(8-13-9-12)17-7-11(16)15-6-10-4-2-3-5-14-10/h2-5,13H,6-9H2,1H3,(H,15,16). The number of nitrogens with zero attached hydrogens (tertiary/aromatic N) is 1. The number of hydrogen-bond acceptors (Lipinski definition) is 4. The fraction of sp³-hybridized carbons (Fsp3) is 0.500. The summed E-state index contributed by atoms with van der Waals surface area (Å²) in [5, 5.41) is 5.89. The molecule has 0 unspecified atom stereocenters. The van der Waals surface area contributed by atoms with E-state index < -0.39 is 0 Å². The van der Waals surface area contributed by atoms with E-state index in [1.54, 1.807) is 6.20 Å². The van der Waals surface area contributed by atoms with Gasteiger partial charge in [0, 0.05) is 19.3 Å². The first-order chi connectivity index (χ1) is 8.18. The van der Waals surface area contributed by atoms with Gasteiger partial charge in [-0.3, -0.25) is 9.78 Å². The number of ether oxygens (including phenoxy) is 1. The molecule has 1 saturated heterocycles. The van der Waals surface area contributed by atoms with E-state index in [2.05, 4.69) is 15.6 Å². The zero-order valence-corrected chi connectivity index (χ0v) is 9.90. The van der Waals surface area contributed by atoms with Gasteiger partial charge in [-0.05, 0) is 19.1 Å². The molecule has 5 heteroatoms. The highest BCUT2D eigenvalue weighted by Crippen LogP contribution is 2.14. The van der Waals surface area contributed by atoms with Crippen molar-refractivity contribution >= 4 is 5.91 Å². The molecule has 0 bridgehead atoms. The van der Waals surface area contributed by atoms with Gasteiger partial charge in [0.2, 0.25) is 5.91 Å².